The molecule has 106 valence electrons. The summed E-state index contributed by atoms with van der Waals surface area (Å²) >= 11 is 0. The van der Waals surface area contributed by atoms with E-state index in [1.54, 1.807) is 36.4 Å². The van der Waals surface area contributed by atoms with Crippen LogP contribution in [0.25, 0.3) is 0 Å². The molecule has 1 N–H and O–H groups in total. The molecule has 0 amide bonds. The van der Waals surface area contributed by atoms with Crippen molar-refractivity contribution in [3.63, 3.8) is 0 Å². The maximum absolute atomic E-state index is 13.2. The molecule has 0 aliphatic heterocycles. The molecule has 2 aromatic rings. The van der Waals surface area contributed by atoms with Crippen LogP contribution in [0, 0.1) is 17.1 Å². The number of hydrogen-bond donors (Lipinski definition) is 1. The van der Waals surface area contributed by atoms with E-state index in [0.29, 0.717) is 17.8 Å². The van der Waals surface area contributed by atoms with Gasteiger partial charge in [-0.2, -0.15) is 5.26 Å². The minimum Gasteiger partial charge on any atom is -0.465 e. The molecule has 21 heavy (non-hydrogen) atoms. The maximum atomic E-state index is 13.2. The molecule has 2 rings (SSSR count). The third kappa shape index (κ3) is 3.57. The zero-order chi connectivity index (χ0) is 15.2. The van der Waals surface area contributed by atoms with Crippen LogP contribution in [0.5, 0.6) is 0 Å². The first-order valence-corrected chi connectivity index (χ1v) is 6.25. The normalized spacial score (nSPS) is 9.76. The average molecular weight is 284 g/mol. The molecule has 2 aromatic carbocycles. The lowest BCUT2D eigenvalue weighted by Gasteiger charge is -2.08. The van der Waals surface area contributed by atoms with E-state index in [9.17, 15) is 9.18 Å². The highest BCUT2D eigenvalue weighted by Crippen LogP contribution is 2.15. The van der Waals surface area contributed by atoms with Crippen LogP contribution < -0.4 is 5.32 Å². The van der Waals surface area contributed by atoms with E-state index in [4.69, 9.17) is 5.26 Å². The molecule has 0 unspecified atom stereocenters. The first-order chi connectivity index (χ1) is 10.1. The van der Waals surface area contributed by atoms with Crippen LogP contribution in [0.15, 0.2) is 42.5 Å². The molecular weight excluding hydrogens is 271 g/mol. The Morgan fingerprint density at radius 1 is 1.29 bits per heavy atom. The molecule has 0 heterocycles. The van der Waals surface area contributed by atoms with Crippen molar-refractivity contribution in [1.82, 2.24) is 0 Å². The Kier molecular flexibility index (Phi) is 4.52. The highest BCUT2D eigenvalue weighted by atomic mass is 19.1. The highest BCUT2D eigenvalue weighted by molar-refractivity contribution is 5.89. The summed E-state index contributed by atoms with van der Waals surface area (Å²) in [5.41, 5.74) is 2.09. The zero-order valence-electron chi connectivity index (χ0n) is 11.4. The van der Waals surface area contributed by atoms with Crippen molar-refractivity contribution in [2.45, 2.75) is 6.54 Å². The smallest absolute Gasteiger partial charge is 0.337 e. The molecule has 0 aliphatic rings. The Bertz CT molecular complexity index is 690. The fraction of sp³-hybridized carbons (Fsp3) is 0.125. The van der Waals surface area contributed by atoms with E-state index >= 15 is 0 Å². The van der Waals surface area contributed by atoms with E-state index in [1.807, 2.05) is 0 Å². The van der Waals surface area contributed by atoms with E-state index in [1.165, 1.54) is 19.2 Å². The highest BCUT2D eigenvalue weighted by Gasteiger charge is 2.05. The molecule has 0 bridgehead atoms. The van der Waals surface area contributed by atoms with Gasteiger partial charge in [0.1, 0.15) is 11.9 Å². The van der Waals surface area contributed by atoms with Crippen molar-refractivity contribution in [2.75, 3.05) is 12.4 Å². The molecule has 0 fully saturated rings. The van der Waals surface area contributed by atoms with Crippen molar-refractivity contribution in [3.8, 4) is 6.07 Å². The maximum Gasteiger partial charge on any atom is 0.337 e. The number of nitriles is 1. The Hall–Kier alpha value is -2.87. The second-order valence-electron chi connectivity index (χ2n) is 4.35. The van der Waals surface area contributed by atoms with Gasteiger partial charge in [0.2, 0.25) is 0 Å². The summed E-state index contributed by atoms with van der Waals surface area (Å²) in [4.78, 5) is 11.3. The Balaban J connectivity index is 2.03. The van der Waals surface area contributed by atoms with E-state index < -0.39 is 5.82 Å². The fourth-order valence-electron chi connectivity index (χ4n) is 1.80. The summed E-state index contributed by atoms with van der Waals surface area (Å²) in [7, 11) is 1.33. The molecule has 0 aliphatic carbocycles. The molecule has 0 saturated carbocycles. The van der Waals surface area contributed by atoms with E-state index in [-0.39, 0.29) is 11.5 Å². The quantitative estimate of drug-likeness (QED) is 0.876. The van der Waals surface area contributed by atoms with Gasteiger partial charge in [0.05, 0.1) is 18.2 Å². The standard InChI is InChI=1S/C16H13FN2O2/c1-21-16(20)12-4-2-11(3-5-12)10-19-14-6-7-15(17)13(8-14)9-18/h2-8,19H,10H2,1H3. The van der Waals surface area contributed by atoms with Crippen LogP contribution in [0.2, 0.25) is 0 Å². The summed E-state index contributed by atoms with van der Waals surface area (Å²) in [6, 6.07) is 13.0. The van der Waals surface area contributed by atoms with Gasteiger partial charge in [-0.1, -0.05) is 12.1 Å². The van der Waals surface area contributed by atoms with Crippen LogP contribution in [-0.4, -0.2) is 13.1 Å². The molecule has 0 aromatic heterocycles. The number of anilines is 1. The van der Waals surface area contributed by atoms with Crippen LogP contribution in [0.3, 0.4) is 0 Å². The number of carbonyl (C=O) groups excluding carboxylic acids is 1. The number of halogens is 1. The predicted octanol–water partition coefficient (Wildman–Crippen LogP) is 3.10. The number of benzene rings is 2. The number of nitrogens with one attached hydrogen (secondary N) is 1. The Morgan fingerprint density at radius 3 is 2.62 bits per heavy atom. The largest absolute Gasteiger partial charge is 0.465 e. The number of methoxy groups -OCH3 is 1. The first-order valence-electron chi connectivity index (χ1n) is 6.25. The lowest BCUT2D eigenvalue weighted by Crippen LogP contribution is -2.03. The number of carbonyl (C=O) groups is 1. The average Bonchev–Trinajstić information content (AvgIpc) is 2.53. The van der Waals surface area contributed by atoms with Gasteiger partial charge in [-0.15, -0.1) is 0 Å². The third-order valence-electron chi connectivity index (χ3n) is 2.96. The van der Waals surface area contributed by atoms with Crippen molar-refractivity contribution in [2.24, 2.45) is 0 Å². The monoisotopic (exact) mass is 284 g/mol. The van der Waals surface area contributed by atoms with Gasteiger partial charge in [0.25, 0.3) is 0 Å². The van der Waals surface area contributed by atoms with Gasteiger partial charge in [0, 0.05) is 12.2 Å². The van der Waals surface area contributed by atoms with Crippen LogP contribution in [-0.2, 0) is 11.3 Å². The summed E-state index contributed by atoms with van der Waals surface area (Å²) in [5, 5.41) is 11.9. The summed E-state index contributed by atoms with van der Waals surface area (Å²) in [6.45, 7) is 0.498. The fourth-order valence-corrected chi connectivity index (χ4v) is 1.80. The third-order valence-corrected chi connectivity index (χ3v) is 2.96. The molecule has 0 atom stereocenters. The van der Waals surface area contributed by atoms with Gasteiger partial charge in [-0.25, -0.2) is 9.18 Å². The van der Waals surface area contributed by atoms with Crippen molar-refractivity contribution in [1.29, 1.82) is 5.26 Å². The minimum absolute atomic E-state index is 0.000962. The Morgan fingerprint density at radius 2 is 2.00 bits per heavy atom. The lowest BCUT2D eigenvalue weighted by atomic mass is 10.1. The van der Waals surface area contributed by atoms with Crippen molar-refractivity contribution < 1.29 is 13.9 Å². The number of hydrogen-bond acceptors (Lipinski definition) is 4. The van der Waals surface area contributed by atoms with E-state index in [0.717, 1.165) is 5.56 Å². The molecule has 4 nitrogen and oxygen atoms in total. The SMILES string of the molecule is COC(=O)c1ccc(CNc2ccc(F)c(C#N)c2)cc1. The molecule has 0 radical (unpaired) electrons. The summed E-state index contributed by atoms with van der Waals surface area (Å²) in [6.07, 6.45) is 0. The second-order valence-corrected chi connectivity index (χ2v) is 4.35. The molecular formula is C16H13FN2O2. The molecule has 5 heteroatoms. The second kappa shape index (κ2) is 6.53. The topological polar surface area (TPSA) is 62.1 Å². The van der Waals surface area contributed by atoms with E-state index in [2.05, 4.69) is 10.1 Å². The van der Waals surface area contributed by atoms with Crippen LogP contribution in [0.1, 0.15) is 21.5 Å². The van der Waals surface area contributed by atoms with Crippen molar-refractivity contribution >= 4 is 11.7 Å². The van der Waals surface area contributed by atoms with Gasteiger partial charge >= 0.3 is 5.97 Å². The lowest BCUT2D eigenvalue weighted by molar-refractivity contribution is 0.0600. The number of nitrogens with zero attached hydrogens (tertiary/aromatic N) is 1. The first kappa shape index (κ1) is 14.5. The number of rotatable bonds is 4. The van der Waals surface area contributed by atoms with Gasteiger partial charge < -0.3 is 10.1 Å². The predicted molar refractivity (Wildman–Crippen MR) is 76.2 cm³/mol. The molecule has 0 spiro atoms. The minimum atomic E-state index is -0.537. The number of esters is 1. The van der Waals surface area contributed by atoms with Gasteiger partial charge in [-0.3, -0.25) is 0 Å². The summed E-state index contributed by atoms with van der Waals surface area (Å²) < 4.78 is 17.8. The van der Waals surface area contributed by atoms with Crippen LogP contribution in [0.4, 0.5) is 10.1 Å². The van der Waals surface area contributed by atoms with Crippen molar-refractivity contribution in [3.05, 3.63) is 65.0 Å². The summed E-state index contributed by atoms with van der Waals surface area (Å²) in [5.74, 6) is -0.919. The zero-order valence-corrected chi connectivity index (χ0v) is 11.4. The van der Waals surface area contributed by atoms with Gasteiger partial charge in [-0.05, 0) is 35.9 Å². The molecule has 0 saturated heterocycles. The van der Waals surface area contributed by atoms with Gasteiger partial charge in [0.15, 0.2) is 0 Å². The number of ether oxygens (including phenoxy) is 1. The van der Waals surface area contributed by atoms with Crippen LogP contribution >= 0.6 is 0 Å². The Labute approximate surface area is 121 Å².